The van der Waals surface area contributed by atoms with E-state index in [1.165, 1.54) is 23.2 Å². The Balaban J connectivity index is 1.46. The van der Waals surface area contributed by atoms with Crippen LogP contribution in [0.15, 0.2) is 36.9 Å². The van der Waals surface area contributed by atoms with Crippen molar-refractivity contribution in [1.82, 2.24) is 34.6 Å². The van der Waals surface area contributed by atoms with Gasteiger partial charge in [-0.3, -0.25) is 19.2 Å². The molecule has 204 valence electrons. The smallest absolute Gasteiger partial charge is 0.350 e. The quantitative estimate of drug-likeness (QED) is 0.513. The van der Waals surface area contributed by atoms with Gasteiger partial charge in [0.1, 0.15) is 5.65 Å². The number of hydrogen-bond acceptors (Lipinski definition) is 6. The van der Waals surface area contributed by atoms with Gasteiger partial charge in [-0.15, -0.1) is 0 Å². The topological polar surface area (TPSA) is 79.2 Å². The number of halogens is 3. The van der Waals surface area contributed by atoms with Crippen molar-refractivity contribution in [2.75, 3.05) is 32.7 Å². The molecule has 3 aromatic rings. The lowest BCUT2D eigenvalue weighted by molar-refractivity contribution is -0.136. The fourth-order valence-electron chi connectivity index (χ4n) is 6.00. The van der Waals surface area contributed by atoms with Crippen LogP contribution in [0.5, 0.6) is 0 Å². The van der Waals surface area contributed by atoms with E-state index in [0.29, 0.717) is 12.6 Å². The highest BCUT2D eigenvalue weighted by Crippen LogP contribution is 2.38. The molecule has 2 aliphatic rings. The third-order valence-electron chi connectivity index (χ3n) is 8.08. The number of nitrogens with one attached hydrogen (secondary N) is 1. The maximum Gasteiger partial charge on any atom is 0.417 e. The summed E-state index contributed by atoms with van der Waals surface area (Å²) in [5.74, 6) is -0.399. The third kappa shape index (κ3) is 5.13. The van der Waals surface area contributed by atoms with E-state index in [4.69, 9.17) is 0 Å². The van der Waals surface area contributed by atoms with Gasteiger partial charge >= 0.3 is 6.18 Å². The highest BCUT2D eigenvalue weighted by Gasteiger charge is 2.41. The maximum atomic E-state index is 14.0. The molecule has 0 unspecified atom stereocenters. The SMILES string of the molecule is CC(C)N1CCN(C2(CNC(=O)c3cn(-c4ncccn4)c4nccc(C(F)(F)F)c34)CCCCC2)CC1. The Morgan fingerprint density at radius 2 is 1.71 bits per heavy atom. The van der Waals surface area contributed by atoms with Gasteiger partial charge in [-0.2, -0.15) is 13.2 Å². The van der Waals surface area contributed by atoms with Crippen LogP contribution in [0.3, 0.4) is 0 Å². The minimum absolute atomic E-state index is 0.00615. The van der Waals surface area contributed by atoms with Crippen molar-refractivity contribution in [3.63, 3.8) is 0 Å². The van der Waals surface area contributed by atoms with Crippen molar-refractivity contribution in [3.05, 3.63) is 48.0 Å². The molecule has 0 radical (unpaired) electrons. The molecular weight excluding hydrogens is 495 g/mol. The molecule has 1 saturated heterocycles. The van der Waals surface area contributed by atoms with Crippen molar-refractivity contribution in [2.24, 2.45) is 0 Å². The van der Waals surface area contributed by atoms with Crippen LogP contribution in [0.1, 0.15) is 61.9 Å². The van der Waals surface area contributed by atoms with Gasteiger partial charge in [0.2, 0.25) is 5.95 Å². The summed E-state index contributed by atoms with van der Waals surface area (Å²) >= 11 is 0. The van der Waals surface area contributed by atoms with Crippen LogP contribution in [0.25, 0.3) is 17.0 Å². The Morgan fingerprint density at radius 3 is 2.34 bits per heavy atom. The number of hydrogen-bond donors (Lipinski definition) is 1. The Labute approximate surface area is 220 Å². The van der Waals surface area contributed by atoms with Gasteiger partial charge in [-0.1, -0.05) is 19.3 Å². The monoisotopic (exact) mass is 529 g/mol. The third-order valence-corrected chi connectivity index (χ3v) is 8.08. The number of nitrogens with zero attached hydrogens (tertiary/aromatic N) is 6. The van der Waals surface area contributed by atoms with E-state index in [1.807, 2.05) is 0 Å². The molecule has 3 aromatic heterocycles. The maximum absolute atomic E-state index is 14.0. The van der Waals surface area contributed by atoms with Gasteiger partial charge in [-0.25, -0.2) is 15.0 Å². The predicted molar refractivity (Wildman–Crippen MR) is 138 cm³/mol. The molecule has 5 rings (SSSR count). The molecule has 0 aromatic carbocycles. The van der Waals surface area contributed by atoms with E-state index in [0.717, 1.165) is 70.5 Å². The van der Waals surface area contributed by atoms with Crippen molar-refractivity contribution in [3.8, 4) is 5.95 Å². The van der Waals surface area contributed by atoms with Crippen molar-refractivity contribution < 1.29 is 18.0 Å². The number of fused-ring (bicyclic) bond motifs is 1. The number of rotatable bonds is 6. The summed E-state index contributed by atoms with van der Waals surface area (Å²) in [6.45, 7) is 8.57. The zero-order chi connectivity index (χ0) is 26.9. The van der Waals surface area contributed by atoms with Crippen molar-refractivity contribution in [2.45, 2.75) is 63.7 Å². The zero-order valence-electron chi connectivity index (χ0n) is 21.8. The van der Waals surface area contributed by atoms with E-state index in [1.54, 1.807) is 6.07 Å². The van der Waals surface area contributed by atoms with E-state index >= 15 is 0 Å². The molecule has 1 saturated carbocycles. The summed E-state index contributed by atoms with van der Waals surface area (Å²) in [4.78, 5) is 31.1. The molecule has 8 nitrogen and oxygen atoms in total. The Bertz CT molecular complexity index is 1260. The number of aromatic nitrogens is 4. The second-order valence-corrected chi connectivity index (χ2v) is 10.6. The molecule has 0 bridgehead atoms. The molecule has 0 spiro atoms. The molecule has 4 heterocycles. The summed E-state index contributed by atoms with van der Waals surface area (Å²) in [7, 11) is 0. The molecular formula is C27H34F3N7O. The van der Waals surface area contributed by atoms with Gasteiger partial charge in [-0.05, 0) is 38.8 Å². The van der Waals surface area contributed by atoms with Gasteiger partial charge in [0.25, 0.3) is 5.91 Å². The number of pyridine rings is 1. The van der Waals surface area contributed by atoms with Crippen LogP contribution in [-0.2, 0) is 6.18 Å². The number of carbonyl (C=O) groups is 1. The molecule has 0 atom stereocenters. The number of piperazine rings is 1. The lowest BCUT2D eigenvalue weighted by Crippen LogP contribution is -2.62. The molecule has 1 amide bonds. The zero-order valence-corrected chi connectivity index (χ0v) is 21.8. The molecule has 1 aliphatic heterocycles. The van der Waals surface area contributed by atoms with Gasteiger partial charge in [0.05, 0.1) is 11.1 Å². The van der Waals surface area contributed by atoms with E-state index in [-0.39, 0.29) is 28.1 Å². The summed E-state index contributed by atoms with van der Waals surface area (Å²) < 4.78 is 43.4. The first-order chi connectivity index (χ1) is 18.2. The van der Waals surface area contributed by atoms with Crippen LogP contribution in [0.4, 0.5) is 13.2 Å². The van der Waals surface area contributed by atoms with Crippen molar-refractivity contribution in [1.29, 1.82) is 0 Å². The standard InChI is InChI=1S/C27H34F3N7O/c1-19(2)35-13-15-36(16-14-35)26(8-4-3-5-9-26)18-34-24(38)20-17-37(25-32-10-6-11-33-25)23-22(20)21(7-12-31-23)27(28,29)30/h6-7,10-12,17,19H,3-5,8-9,13-16,18H2,1-2H3,(H,34,38). The molecule has 38 heavy (non-hydrogen) atoms. The fourth-order valence-corrected chi connectivity index (χ4v) is 6.00. The normalized spacial score (nSPS) is 19.2. The summed E-state index contributed by atoms with van der Waals surface area (Å²) in [5, 5.41) is 2.79. The largest absolute Gasteiger partial charge is 0.417 e. The number of carbonyl (C=O) groups excluding carboxylic acids is 1. The number of amides is 1. The lowest BCUT2D eigenvalue weighted by Gasteiger charge is -2.50. The minimum Gasteiger partial charge on any atom is -0.350 e. The van der Waals surface area contributed by atoms with E-state index < -0.39 is 17.6 Å². The van der Waals surface area contributed by atoms with Crippen molar-refractivity contribution >= 4 is 16.9 Å². The highest BCUT2D eigenvalue weighted by molar-refractivity contribution is 6.07. The highest BCUT2D eigenvalue weighted by atomic mass is 19.4. The molecule has 11 heteroatoms. The second-order valence-electron chi connectivity index (χ2n) is 10.6. The van der Waals surface area contributed by atoms with Gasteiger partial charge in [0, 0.05) is 74.5 Å². The summed E-state index contributed by atoms with van der Waals surface area (Å²) in [5.41, 5.74) is -1.18. The molecule has 1 N–H and O–H groups in total. The second kappa shape index (κ2) is 10.6. The van der Waals surface area contributed by atoms with Crippen LogP contribution >= 0.6 is 0 Å². The Morgan fingerprint density at radius 1 is 1.03 bits per heavy atom. The van der Waals surface area contributed by atoms with Crippen LogP contribution in [0.2, 0.25) is 0 Å². The van der Waals surface area contributed by atoms with Crippen LogP contribution in [0, 0.1) is 0 Å². The van der Waals surface area contributed by atoms with Gasteiger partial charge in [0.15, 0.2) is 0 Å². The number of alkyl halides is 3. The summed E-state index contributed by atoms with van der Waals surface area (Å²) in [6.07, 6.45) is 6.04. The average Bonchev–Trinajstić information content (AvgIpc) is 3.32. The average molecular weight is 530 g/mol. The first-order valence-corrected chi connectivity index (χ1v) is 13.3. The van der Waals surface area contributed by atoms with Gasteiger partial charge < -0.3 is 5.32 Å². The Hall–Kier alpha value is -3.05. The minimum atomic E-state index is -4.65. The molecule has 2 fully saturated rings. The van der Waals surface area contributed by atoms with Crippen LogP contribution in [-0.4, -0.2) is 79.5 Å². The predicted octanol–water partition coefficient (Wildman–Crippen LogP) is 4.29. The van der Waals surface area contributed by atoms with E-state index in [9.17, 15) is 18.0 Å². The van der Waals surface area contributed by atoms with Crippen LogP contribution < -0.4 is 5.32 Å². The lowest BCUT2D eigenvalue weighted by atomic mass is 9.79. The van der Waals surface area contributed by atoms with E-state index in [2.05, 4.69) is 43.9 Å². The molecule has 1 aliphatic carbocycles. The summed E-state index contributed by atoms with van der Waals surface area (Å²) in [6, 6.07) is 3.01. The first kappa shape index (κ1) is 26.6. The first-order valence-electron chi connectivity index (χ1n) is 13.3. The Kier molecular flexibility index (Phi) is 7.41. The fraction of sp³-hybridized carbons (Fsp3) is 0.556.